The van der Waals surface area contributed by atoms with Gasteiger partial charge in [-0.2, -0.15) is 0 Å². The molecule has 0 bridgehead atoms. The molecule has 0 unspecified atom stereocenters. The van der Waals surface area contributed by atoms with Gasteiger partial charge >= 0.3 is 29.6 Å². The van der Waals surface area contributed by atoms with Crippen LogP contribution in [0.15, 0.2) is 46.0 Å². The zero-order chi connectivity index (χ0) is 19.0. The van der Waals surface area contributed by atoms with Crippen molar-refractivity contribution in [1.29, 1.82) is 0 Å². The zero-order valence-corrected chi connectivity index (χ0v) is 18.2. The van der Waals surface area contributed by atoms with Crippen molar-refractivity contribution in [1.82, 2.24) is 19.2 Å². The summed E-state index contributed by atoms with van der Waals surface area (Å²) in [7, 11) is 0. The number of aryl methyl sites for hydroxylation is 1. The number of carbonyl (C=O) groups is 1. The Bertz CT molecular complexity index is 1110. The van der Waals surface area contributed by atoms with Crippen LogP contribution in [0.5, 0.6) is 0 Å². The van der Waals surface area contributed by atoms with Gasteiger partial charge in [-0.15, -0.1) is 5.52 Å². The Morgan fingerprint density at radius 2 is 1.82 bits per heavy atom. The maximum absolute atomic E-state index is 12.9. The van der Waals surface area contributed by atoms with Gasteiger partial charge in [0.2, 0.25) is 17.0 Å². The first-order chi connectivity index (χ1) is 13.1. The smallest absolute Gasteiger partial charge is 0.587 e. The van der Waals surface area contributed by atoms with Gasteiger partial charge in [0.25, 0.3) is 0 Å². The van der Waals surface area contributed by atoms with Gasteiger partial charge < -0.3 is 19.2 Å². The maximum Gasteiger partial charge on any atom is 1.00 e. The van der Waals surface area contributed by atoms with E-state index in [-0.39, 0.29) is 46.6 Å². The SMILES string of the molecule is Cc1c2c(=O)n(-c3ccccc3)[n-]c2cc(=O)n1CCCN1CCCC1=O.[Na+]. The number of fused-ring (bicyclic) bond motifs is 1. The topological polar surface area (TPSA) is 78.4 Å². The summed E-state index contributed by atoms with van der Waals surface area (Å²) < 4.78 is 2.95. The fraction of sp³-hybridized carbons (Fsp3) is 0.350. The van der Waals surface area contributed by atoms with Crippen molar-refractivity contribution in [2.75, 3.05) is 13.1 Å². The summed E-state index contributed by atoms with van der Waals surface area (Å²) >= 11 is 0. The van der Waals surface area contributed by atoms with Crippen LogP contribution >= 0.6 is 0 Å². The zero-order valence-electron chi connectivity index (χ0n) is 16.2. The fourth-order valence-corrected chi connectivity index (χ4v) is 3.74. The molecule has 0 spiro atoms. The Labute approximate surface area is 184 Å². The van der Waals surface area contributed by atoms with Gasteiger partial charge in [-0.1, -0.05) is 18.2 Å². The molecule has 28 heavy (non-hydrogen) atoms. The molecule has 1 amide bonds. The average molecular weight is 388 g/mol. The second-order valence-electron chi connectivity index (χ2n) is 6.87. The minimum atomic E-state index is -0.225. The van der Waals surface area contributed by atoms with Crippen molar-refractivity contribution in [2.45, 2.75) is 32.7 Å². The van der Waals surface area contributed by atoms with Crippen LogP contribution in [0, 0.1) is 6.92 Å². The molecule has 4 rings (SSSR count). The van der Waals surface area contributed by atoms with Gasteiger partial charge in [-0.3, -0.25) is 14.4 Å². The van der Waals surface area contributed by atoms with Crippen LogP contribution < -0.4 is 45.8 Å². The predicted molar refractivity (Wildman–Crippen MR) is 102 cm³/mol. The fourth-order valence-electron chi connectivity index (χ4n) is 3.74. The molecule has 0 aliphatic carbocycles. The molecule has 3 heterocycles. The van der Waals surface area contributed by atoms with E-state index in [9.17, 15) is 14.4 Å². The van der Waals surface area contributed by atoms with Gasteiger partial charge in [-0.25, -0.2) is 0 Å². The molecule has 1 fully saturated rings. The van der Waals surface area contributed by atoms with Crippen molar-refractivity contribution in [3.63, 3.8) is 0 Å². The third kappa shape index (κ3) is 3.74. The van der Waals surface area contributed by atoms with Crippen LogP contribution in [-0.4, -0.2) is 33.1 Å². The number of pyridine rings is 1. The van der Waals surface area contributed by atoms with E-state index in [4.69, 9.17) is 0 Å². The van der Waals surface area contributed by atoms with E-state index in [1.165, 1.54) is 10.7 Å². The number of carbonyl (C=O) groups excluding carboxylic acids is 1. The van der Waals surface area contributed by atoms with Crippen LogP contribution in [0.1, 0.15) is 25.0 Å². The molecule has 2 aromatic heterocycles. The summed E-state index contributed by atoms with van der Waals surface area (Å²) in [4.78, 5) is 39.0. The minimum Gasteiger partial charge on any atom is -0.587 e. The van der Waals surface area contributed by atoms with E-state index >= 15 is 0 Å². The van der Waals surface area contributed by atoms with E-state index in [0.717, 1.165) is 13.0 Å². The second kappa shape index (κ2) is 8.51. The molecule has 1 saturated heterocycles. The normalized spacial score (nSPS) is 13.9. The van der Waals surface area contributed by atoms with Gasteiger partial charge in [0.15, 0.2) is 0 Å². The summed E-state index contributed by atoms with van der Waals surface area (Å²) in [5.74, 6) is 0.181. The predicted octanol–water partition coefficient (Wildman–Crippen LogP) is -1.57. The second-order valence-corrected chi connectivity index (χ2v) is 6.87. The summed E-state index contributed by atoms with van der Waals surface area (Å²) in [5.41, 5.74) is 1.31. The number of hydrogen-bond acceptors (Lipinski definition) is 3. The maximum atomic E-state index is 12.9. The van der Waals surface area contributed by atoms with E-state index in [0.29, 0.717) is 48.2 Å². The van der Waals surface area contributed by atoms with Crippen molar-refractivity contribution < 1.29 is 34.4 Å². The molecule has 1 aromatic carbocycles. The number of para-hydroxylation sites is 1. The molecule has 7 nitrogen and oxygen atoms in total. The largest absolute Gasteiger partial charge is 1.00 e. The number of benzene rings is 1. The van der Waals surface area contributed by atoms with Gasteiger partial charge in [-0.05, 0) is 38.0 Å². The Morgan fingerprint density at radius 1 is 1.07 bits per heavy atom. The standard InChI is InChI=1S/C20H22N4O3.Na/c1-14-19-16(21-24(20(19)27)15-7-3-2-4-8-15)13-18(26)23(14)12-6-11-22-10-5-9-17(22)25;/h2-4,7-8,13H,5-6,9-12H2,1H3,(H,21,26);/q;+1/p-1. The first kappa shape index (κ1) is 20.6. The van der Waals surface area contributed by atoms with E-state index in [1.807, 2.05) is 35.2 Å². The number of likely N-dealkylation sites (tertiary alicyclic amines) is 1. The molecule has 0 atom stereocenters. The number of hydrogen-bond donors (Lipinski definition) is 0. The Hall–Kier alpha value is -2.09. The molecule has 0 saturated carbocycles. The molecule has 140 valence electrons. The minimum absolute atomic E-state index is 0. The number of nitrogens with zero attached hydrogens (tertiary/aromatic N) is 4. The molecular weight excluding hydrogens is 367 g/mol. The van der Waals surface area contributed by atoms with Crippen molar-refractivity contribution in [2.24, 2.45) is 0 Å². The number of rotatable bonds is 5. The van der Waals surface area contributed by atoms with Crippen LogP contribution in [-0.2, 0) is 11.3 Å². The Balaban J connectivity index is 0.00000225. The number of aromatic nitrogens is 3. The first-order valence-corrected chi connectivity index (χ1v) is 9.19. The molecule has 0 radical (unpaired) electrons. The van der Waals surface area contributed by atoms with Crippen LogP contribution in [0.2, 0.25) is 0 Å². The van der Waals surface area contributed by atoms with E-state index in [1.54, 1.807) is 11.5 Å². The molecule has 0 N–H and O–H groups in total. The molecule has 1 aliphatic rings. The van der Waals surface area contributed by atoms with Crippen LogP contribution in [0.3, 0.4) is 0 Å². The average Bonchev–Trinajstić information content (AvgIpc) is 3.21. The number of amides is 1. The summed E-state index contributed by atoms with van der Waals surface area (Å²) in [6.45, 7) is 3.68. The molecule has 3 aromatic rings. The van der Waals surface area contributed by atoms with Crippen molar-refractivity contribution in [3.05, 3.63) is 62.8 Å². The molecule has 8 heteroatoms. The third-order valence-electron chi connectivity index (χ3n) is 5.14. The Morgan fingerprint density at radius 3 is 2.50 bits per heavy atom. The summed E-state index contributed by atoms with van der Waals surface area (Å²) in [6.07, 6.45) is 2.20. The van der Waals surface area contributed by atoms with E-state index in [2.05, 4.69) is 5.10 Å². The Kier molecular flexibility index (Phi) is 6.27. The molecule has 1 aliphatic heterocycles. The molecular formula is C20H21N4NaO3. The summed E-state index contributed by atoms with van der Waals surface area (Å²) in [5, 5.41) is 4.80. The third-order valence-corrected chi connectivity index (χ3v) is 5.14. The first-order valence-electron chi connectivity index (χ1n) is 9.19. The monoisotopic (exact) mass is 388 g/mol. The summed E-state index contributed by atoms with van der Waals surface area (Å²) in [6, 6.07) is 10.6. The van der Waals surface area contributed by atoms with Gasteiger partial charge in [0.1, 0.15) is 0 Å². The van der Waals surface area contributed by atoms with E-state index < -0.39 is 0 Å². The van der Waals surface area contributed by atoms with Crippen LogP contribution in [0.4, 0.5) is 0 Å². The van der Waals surface area contributed by atoms with Gasteiger partial charge in [0, 0.05) is 42.8 Å². The van der Waals surface area contributed by atoms with Crippen LogP contribution in [0.25, 0.3) is 16.6 Å². The van der Waals surface area contributed by atoms with Gasteiger partial charge in [0.05, 0.1) is 0 Å². The quantitative estimate of drug-likeness (QED) is 0.495. The van der Waals surface area contributed by atoms with Crippen molar-refractivity contribution >= 4 is 16.8 Å². The van der Waals surface area contributed by atoms with Crippen molar-refractivity contribution in [3.8, 4) is 5.69 Å².